The van der Waals surface area contributed by atoms with Crippen LogP contribution in [0.4, 0.5) is 0 Å². The summed E-state index contributed by atoms with van der Waals surface area (Å²) in [4.78, 5) is 26.9. The number of piperidine rings is 1. The minimum atomic E-state index is -0.516. The van der Waals surface area contributed by atoms with Crippen LogP contribution >= 0.6 is 0 Å². The maximum Gasteiger partial charge on any atom is 0.318 e. The Morgan fingerprint density at radius 2 is 2.05 bits per heavy atom. The summed E-state index contributed by atoms with van der Waals surface area (Å²) in [5.41, 5.74) is 1.43. The van der Waals surface area contributed by atoms with Crippen LogP contribution in [0.5, 0.6) is 0 Å². The highest BCUT2D eigenvalue weighted by Crippen LogP contribution is 2.50. The average Bonchev–Trinajstić information content (AvgIpc) is 2.43. The molecular formula is C15H21NO3. The van der Waals surface area contributed by atoms with Crippen molar-refractivity contribution >= 4 is 11.8 Å². The molecule has 2 aliphatic heterocycles. The van der Waals surface area contributed by atoms with Crippen LogP contribution in [0.25, 0.3) is 0 Å². The first kappa shape index (κ1) is 12.7. The maximum absolute atomic E-state index is 12.5. The molecule has 1 aliphatic carbocycles. The van der Waals surface area contributed by atoms with Crippen molar-refractivity contribution in [3.63, 3.8) is 0 Å². The van der Waals surface area contributed by atoms with Crippen molar-refractivity contribution in [2.45, 2.75) is 45.4 Å². The van der Waals surface area contributed by atoms with Crippen LogP contribution in [0.15, 0.2) is 11.3 Å². The third-order valence-electron chi connectivity index (χ3n) is 4.72. The Balaban J connectivity index is 2.08. The highest BCUT2D eigenvalue weighted by atomic mass is 16.5. The Morgan fingerprint density at radius 1 is 1.26 bits per heavy atom. The fraction of sp³-hybridized carbons (Fsp3) is 0.733. The number of allylic oxidation sites excluding steroid dienone is 1. The van der Waals surface area contributed by atoms with E-state index in [-0.39, 0.29) is 11.8 Å². The molecule has 0 radical (unpaired) electrons. The Hall–Kier alpha value is -1.32. The third-order valence-corrected chi connectivity index (χ3v) is 4.72. The summed E-state index contributed by atoms with van der Waals surface area (Å²) in [5.74, 6) is 0.142. The highest BCUT2D eigenvalue weighted by Gasteiger charge is 2.52. The minimum Gasteiger partial charge on any atom is -0.465 e. The van der Waals surface area contributed by atoms with Gasteiger partial charge in [-0.2, -0.15) is 0 Å². The van der Waals surface area contributed by atoms with Crippen molar-refractivity contribution < 1.29 is 14.3 Å². The first-order valence-corrected chi connectivity index (χ1v) is 7.38. The third kappa shape index (κ3) is 1.80. The van der Waals surface area contributed by atoms with E-state index in [4.69, 9.17) is 4.74 Å². The second kappa shape index (κ2) is 4.66. The van der Waals surface area contributed by atoms with Gasteiger partial charge in [0.05, 0.1) is 6.61 Å². The number of esters is 1. The van der Waals surface area contributed by atoms with Crippen molar-refractivity contribution in [2.75, 3.05) is 19.7 Å². The number of hydrogen-bond acceptors (Lipinski definition) is 4. The molecule has 0 spiro atoms. The molecular weight excluding hydrogens is 242 g/mol. The topological polar surface area (TPSA) is 46.6 Å². The second-order valence-corrected chi connectivity index (χ2v) is 5.75. The summed E-state index contributed by atoms with van der Waals surface area (Å²) in [6.45, 7) is 4.22. The summed E-state index contributed by atoms with van der Waals surface area (Å²) in [6.07, 6.45) is 4.87. The molecule has 0 aromatic heterocycles. The van der Waals surface area contributed by atoms with Gasteiger partial charge in [-0.1, -0.05) is 0 Å². The SMILES string of the molecule is CCOC(=O)C12CCCN3CCCC(=C31)C(=O)CC2. The lowest BCUT2D eigenvalue weighted by atomic mass is 9.66. The van der Waals surface area contributed by atoms with E-state index in [0.717, 1.165) is 50.0 Å². The van der Waals surface area contributed by atoms with Gasteiger partial charge >= 0.3 is 5.97 Å². The number of carbonyl (C=O) groups is 2. The molecule has 1 atom stereocenters. The number of carbonyl (C=O) groups excluding carboxylic acids is 2. The van der Waals surface area contributed by atoms with Crippen LogP contribution in [0, 0.1) is 5.41 Å². The van der Waals surface area contributed by atoms with Gasteiger partial charge in [0.15, 0.2) is 5.78 Å². The van der Waals surface area contributed by atoms with E-state index in [1.54, 1.807) is 0 Å². The molecule has 0 aromatic rings. The van der Waals surface area contributed by atoms with Gasteiger partial charge in [-0.3, -0.25) is 9.59 Å². The quantitative estimate of drug-likeness (QED) is 0.715. The fourth-order valence-corrected chi connectivity index (χ4v) is 3.94. The van der Waals surface area contributed by atoms with Crippen molar-refractivity contribution in [2.24, 2.45) is 5.41 Å². The largest absolute Gasteiger partial charge is 0.465 e. The monoisotopic (exact) mass is 263 g/mol. The Labute approximate surface area is 113 Å². The normalized spacial score (nSPS) is 30.2. The van der Waals surface area contributed by atoms with Crippen LogP contribution in [0.1, 0.15) is 45.4 Å². The van der Waals surface area contributed by atoms with Crippen LogP contribution in [0.2, 0.25) is 0 Å². The van der Waals surface area contributed by atoms with E-state index >= 15 is 0 Å². The molecule has 3 aliphatic rings. The van der Waals surface area contributed by atoms with Crippen LogP contribution in [-0.2, 0) is 14.3 Å². The fourth-order valence-electron chi connectivity index (χ4n) is 3.94. The Morgan fingerprint density at radius 3 is 2.84 bits per heavy atom. The summed E-state index contributed by atoms with van der Waals surface area (Å²) in [5, 5.41) is 0. The molecule has 1 saturated heterocycles. The average molecular weight is 263 g/mol. The number of ether oxygens (including phenoxy) is 1. The van der Waals surface area contributed by atoms with Gasteiger partial charge in [-0.25, -0.2) is 0 Å². The molecule has 0 aromatic carbocycles. The van der Waals surface area contributed by atoms with Gasteiger partial charge < -0.3 is 9.64 Å². The van der Waals surface area contributed by atoms with Crippen molar-refractivity contribution in [1.82, 2.24) is 4.90 Å². The number of rotatable bonds is 2. The molecule has 4 nitrogen and oxygen atoms in total. The van der Waals surface area contributed by atoms with Crippen molar-refractivity contribution in [3.8, 4) is 0 Å². The standard InChI is InChI=1S/C15H21NO3/c1-2-19-14(18)15-7-4-10-16-9-3-5-11(13(15)16)12(17)6-8-15/h2-10H2,1H3. The van der Waals surface area contributed by atoms with Crippen LogP contribution in [-0.4, -0.2) is 36.3 Å². The summed E-state index contributed by atoms with van der Waals surface area (Å²) >= 11 is 0. The molecule has 1 unspecified atom stereocenters. The molecule has 0 N–H and O–H groups in total. The summed E-state index contributed by atoms with van der Waals surface area (Å²) < 4.78 is 5.33. The van der Waals surface area contributed by atoms with Gasteiger partial charge in [0, 0.05) is 30.8 Å². The zero-order chi connectivity index (χ0) is 13.5. The molecule has 0 bridgehead atoms. The van der Waals surface area contributed by atoms with Gasteiger partial charge in [0.1, 0.15) is 5.41 Å². The van der Waals surface area contributed by atoms with E-state index in [9.17, 15) is 9.59 Å². The predicted molar refractivity (Wildman–Crippen MR) is 70.4 cm³/mol. The summed E-state index contributed by atoms with van der Waals surface area (Å²) in [7, 11) is 0. The number of Topliss-reactive ketones (excluding diaryl/α,β-unsaturated/α-hetero) is 1. The molecule has 0 amide bonds. The molecule has 1 fully saturated rings. The molecule has 3 rings (SSSR count). The molecule has 19 heavy (non-hydrogen) atoms. The van der Waals surface area contributed by atoms with E-state index in [2.05, 4.69) is 4.90 Å². The maximum atomic E-state index is 12.5. The van der Waals surface area contributed by atoms with Crippen molar-refractivity contribution in [3.05, 3.63) is 11.3 Å². The zero-order valence-electron chi connectivity index (χ0n) is 11.5. The molecule has 4 heteroatoms. The number of ketones is 1. The Bertz CT molecular complexity index is 454. The minimum absolute atomic E-state index is 0.110. The van der Waals surface area contributed by atoms with Crippen LogP contribution in [0.3, 0.4) is 0 Å². The van der Waals surface area contributed by atoms with Gasteiger partial charge in [0.25, 0.3) is 0 Å². The lowest BCUT2D eigenvalue weighted by Gasteiger charge is -2.49. The molecule has 0 saturated carbocycles. The van der Waals surface area contributed by atoms with Gasteiger partial charge in [-0.05, 0) is 39.0 Å². The highest BCUT2D eigenvalue weighted by molar-refractivity contribution is 6.00. The Kier molecular flexibility index (Phi) is 3.11. The van der Waals surface area contributed by atoms with E-state index in [0.29, 0.717) is 19.4 Å². The number of nitrogens with zero attached hydrogens (tertiary/aromatic N) is 1. The van der Waals surface area contributed by atoms with Crippen LogP contribution < -0.4 is 0 Å². The lowest BCUT2D eigenvalue weighted by molar-refractivity contribution is -0.157. The summed E-state index contributed by atoms with van der Waals surface area (Å²) in [6, 6.07) is 0. The first-order valence-electron chi connectivity index (χ1n) is 7.38. The second-order valence-electron chi connectivity index (χ2n) is 5.75. The van der Waals surface area contributed by atoms with Crippen molar-refractivity contribution in [1.29, 1.82) is 0 Å². The van der Waals surface area contributed by atoms with E-state index < -0.39 is 5.41 Å². The first-order chi connectivity index (χ1) is 9.19. The molecule has 2 heterocycles. The zero-order valence-corrected chi connectivity index (χ0v) is 11.5. The molecule has 104 valence electrons. The lowest BCUT2D eigenvalue weighted by Crippen LogP contribution is -2.51. The van der Waals surface area contributed by atoms with Gasteiger partial charge in [0.2, 0.25) is 0 Å². The predicted octanol–water partition coefficient (Wildman–Crippen LogP) is 2.04. The smallest absolute Gasteiger partial charge is 0.318 e. The van der Waals surface area contributed by atoms with E-state index in [1.807, 2.05) is 6.92 Å². The van der Waals surface area contributed by atoms with Gasteiger partial charge in [-0.15, -0.1) is 0 Å². The number of hydrogen-bond donors (Lipinski definition) is 0. The van der Waals surface area contributed by atoms with E-state index in [1.165, 1.54) is 0 Å².